The molecule has 1 aromatic carbocycles. The lowest BCUT2D eigenvalue weighted by Crippen LogP contribution is -2.34. The third kappa shape index (κ3) is 4.80. The first-order chi connectivity index (χ1) is 9.04. The minimum absolute atomic E-state index is 0.227. The summed E-state index contributed by atoms with van der Waals surface area (Å²) < 4.78 is 18.9. The van der Waals surface area contributed by atoms with Crippen molar-refractivity contribution < 1.29 is 14.2 Å². The minimum Gasteiger partial charge on any atom is -0.490 e. The number of aliphatic hydroxyl groups is 1. The highest BCUT2D eigenvalue weighted by atomic mass is 19.1. The zero-order valence-electron chi connectivity index (χ0n) is 12.0. The van der Waals surface area contributed by atoms with Crippen molar-refractivity contribution in [3.05, 3.63) is 29.6 Å². The maximum absolute atomic E-state index is 13.2. The van der Waals surface area contributed by atoms with Crippen molar-refractivity contribution in [2.45, 2.75) is 45.8 Å². The van der Waals surface area contributed by atoms with E-state index in [1.54, 1.807) is 6.07 Å². The molecule has 0 fully saturated rings. The molecule has 108 valence electrons. The van der Waals surface area contributed by atoms with E-state index in [0.717, 1.165) is 12.1 Å². The predicted octanol–water partition coefficient (Wildman–Crippen LogP) is 2.87. The molecule has 0 unspecified atom stereocenters. The summed E-state index contributed by atoms with van der Waals surface area (Å²) in [5.41, 5.74) is -0.0412. The quantitative estimate of drug-likeness (QED) is 0.762. The molecule has 0 aliphatic rings. The molecule has 2 N–H and O–H groups in total. The second-order valence-corrected chi connectivity index (χ2v) is 4.75. The van der Waals surface area contributed by atoms with Gasteiger partial charge in [0.05, 0.1) is 5.60 Å². The molecule has 1 rings (SSSR count). The van der Waals surface area contributed by atoms with Gasteiger partial charge in [0.2, 0.25) is 0 Å². The summed E-state index contributed by atoms with van der Waals surface area (Å²) in [6.07, 6.45) is 1.26. The number of rotatable bonds is 8. The lowest BCUT2D eigenvalue weighted by atomic mass is 9.99. The Labute approximate surface area is 114 Å². The number of halogens is 1. The molecule has 19 heavy (non-hydrogen) atoms. The highest BCUT2D eigenvalue weighted by molar-refractivity contribution is 5.34. The van der Waals surface area contributed by atoms with Gasteiger partial charge in [0, 0.05) is 12.1 Å². The predicted molar refractivity (Wildman–Crippen MR) is 74.8 cm³/mol. The maximum atomic E-state index is 13.2. The van der Waals surface area contributed by atoms with E-state index in [4.69, 9.17) is 4.74 Å². The maximum Gasteiger partial charge on any atom is 0.124 e. The molecule has 0 spiro atoms. The number of benzene rings is 1. The van der Waals surface area contributed by atoms with Crippen LogP contribution in [0.25, 0.3) is 0 Å². The molecule has 0 aliphatic carbocycles. The van der Waals surface area contributed by atoms with Gasteiger partial charge in [0.25, 0.3) is 0 Å². The fourth-order valence-electron chi connectivity index (χ4n) is 1.75. The first kappa shape index (κ1) is 15.9. The highest BCUT2D eigenvalue weighted by Crippen LogP contribution is 2.23. The van der Waals surface area contributed by atoms with Crippen LogP contribution in [-0.4, -0.2) is 23.9 Å². The van der Waals surface area contributed by atoms with Crippen molar-refractivity contribution in [1.29, 1.82) is 0 Å². The van der Waals surface area contributed by atoms with Gasteiger partial charge in [-0.25, -0.2) is 4.39 Å². The second-order valence-electron chi connectivity index (χ2n) is 4.75. The molecule has 3 nitrogen and oxygen atoms in total. The number of hydrogen-bond donors (Lipinski definition) is 2. The van der Waals surface area contributed by atoms with Crippen LogP contribution in [0, 0.1) is 5.82 Å². The Balaban J connectivity index is 2.76. The van der Waals surface area contributed by atoms with Gasteiger partial charge >= 0.3 is 0 Å². The summed E-state index contributed by atoms with van der Waals surface area (Å²) in [5.74, 6) is 0.351. The van der Waals surface area contributed by atoms with Crippen LogP contribution in [0.1, 0.15) is 39.2 Å². The Hall–Kier alpha value is -1.13. The fraction of sp³-hybridized carbons (Fsp3) is 0.600. The van der Waals surface area contributed by atoms with Crippen LogP contribution in [0.4, 0.5) is 4.39 Å². The van der Waals surface area contributed by atoms with Gasteiger partial charge in [-0.2, -0.15) is 0 Å². The van der Waals surface area contributed by atoms with Crippen LogP contribution in [0.3, 0.4) is 0 Å². The molecule has 0 saturated carbocycles. The topological polar surface area (TPSA) is 41.5 Å². The van der Waals surface area contributed by atoms with Crippen LogP contribution < -0.4 is 10.1 Å². The normalized spacial score (nSPS) is 11.6. The van der Waals surface area contributed by atoms with Gasteiger partial charge < -0.3 is 15.2 Å². The van der Waals surface area contributed by atoms with Gasteiger partial charge in [0.1, 0.15) is 18.2 Å². The Morgan fingerprint density at radius 2 is 1.95 bits per heavy atom. The largest absolute Gasteiger partial charge is 0.490 e. The van der Waals surface area contributed by atoms with E-state index in [9.17, 15) is 9.50 Å². The van der Waals surface area contributed by atoms with Crippen LogP contribution in [-0.2, 0) is 6.54 Å². The third-order valence-corrected chi connectivity index (χ3v) is 3.40. The Bertz CT molecular complexity index is 392. The van der Waals surface area contributed by atoms with E-state index in [0.29, 0.717) is 25.1 Å². The zero-order valence-corrected chi connectivity index (χ0v) is 12.0. The second kappa shape index (κ2) is 7.46. The van der Waals surface area contributed by atoms with Crippen LogP contribution in [0.2, 0.25) is 0 Å². The van der Waals surface area contributed by atoms with Gasteiger partial charge in [-0.15, -0.1) is 0 Å². The first-order valence-electron chi connectivity index (χ1n) is 6.89. The van der Waals surface area contributed by atoms with Crippen LogP contribution in [0.15, 0.2) is 18.2 Å². The van der Waals surface area contributed by atoms with Crippen molar-refractivity contribution >= 4 is 0 Å². The summed E-state index contributed by atoms with van der Waals surface area (Å²) >= 11 is 0. The van der Waals surface area contributed by atoms with Crippen LogP contribution in [0.5, 0.6) is 5.75 Å². The van der Waals surface area contributed by atoms with E-state index < -0.39 is 5.60 Å². The molecule has 0 aliphatic heterocycles. The molecule has 4 heteroatoms. The molecule has 0 bridgehead atoms. The van der Waals surface area contributed by atoms with E-state index in [2.05, 4.69) is 5.32 Å². The molecule has 0 radical (unpaired) electrons. The van der Waals surface area contributed by atoms with Crippen LogP contribution >= 0.6 is 0 Å². The van der Waals surface area contributed by atoms with Gasteiger partial charge in [0.15, 0.2) is 0 Å². The number of ether oxygens (including phenoxy) is 1. The number of hydrogen-bond acceptors (Lipinski definition) is 3. The molecule has 0 aromatic heterocycles. The van der Waals surface area contributed by atoms with Crippen molar-refractivity contribution in [1.82, 2.24) is 5.32 Å². The molecular formula is C15H24FNO2. The summed E-state index contributed by atoms with van der Waals surface area (Å²) in [6, 6.07) is 4.46. The van der Waals surface area contributed by atoms with E-state index >= 15 is 0 Å². The summed E-state index contributed by atoms with van der Waals surface area (Å²) in [4.78, 5) is 0. The zero-order chi connectivity index (χ0) is 14.3. The Morgan fingerprint density at radius 1 is 1.26 bits per heavy atom. The Morgan fingerprint density at radius 3 is 2.53 bits per heavy atom. The van der Waals surface area contributed by atoms with Crippen molar-refractivity contribution in [3.63, 3.8) is 0 Å². The van der Waals surface area contributed by atoms with E-state index in [-0.39, 0.29) is 12.4 Å². The monoisotopic (exact) mass is 269 g/mol. The molecular weight excluding hydrogens is 245 g/mol. The molecule has 0 atom stereocenters. The first-order valence-corrected chi connectivity index (χ1v) is 6.89. The fourth-order valence-corrected chi connectivity index (χ4v) is 1.75. The average molecular weight is 269 g/mol. The van der Waals surface area contributed by atoms with Gasteiger partial charge in [-0.3, -0.25) is 0 Å². The van der Waals surface area contributed by atoms with Gasteiger partial charge in [-0.05, 0) is 37.6 Å². The summed E-state index contributed by atoms with van der Waals surface area (Å²) in [7, 11) is 0. The molecule has 0 heterocycles. The van der Waals surface area contributed by atoms with Crippen molar-refractivity contribution in [2.75, 3.05) is 13.2 Å². The summed E-state index contributed by atoms with van der Waals surface area (Å²) in [5, 5.41) is 13.3. The van der Waals surface area contributed by atoms with Gasteiger partial charge in [-0.1, -0.05) is 20.8 Å². The van der Waals surface area contributed by atoms with E-state index in [1.165, 1.54) is 12.1 Å². The minimum atomic E-state index is -0.816. The average Bonchev–Trinajstić information content (AvgIpc) is 2.43. The smallest absolute Gasteiger partial charge is 0.124 e. The Kier molecular flexibility index (Phi) is 6.25. The van der Waals surface area contributed by atoms with Crippen molar-refractivity contribution in [3.8, 4) is 5.75 Å². The lowest BCUT2D eigenvalue weighted by molar-refractivity contribution is -0.0116. The molecule has 1 aromatic rings. The standard InChI is InChI=1S/C15H24FNO2/c1-4-15(18,5-2)11-19-14-8-7-13(16)9-12(14)10-17-6-3/h7-9,17-18H,4-6,10-11H2,1-3H3. The SMILES string of the molecule is CCNCc1cc(F)ccc1OCC(O)(CC)CC. The molecule has 0 saturated heterocycles. The highest BCUT2D eigenvalue weighted by Gasteiger charge is 2.23. The summed E-state index contributed by atoms with van der Waals surface area (Å²) in [6.45, 7) is 7.44. The molecule has 0 amide bonds. The van der Waals surface area contributed by atoms with Crippen molar-refractivity contribution in [2.24, 2.45) is 0 Å². The number of nitrogens with one attached hydrogen (secondary N) is 1. The third-order valence-electron chi connectivity index (χ3n) is 3.40. The van der Waals surface area contributed by atoms with E-state index in [1.807, 2.05) is 20.8 Å². The lowest BCUT2D eigenvalue weighted by Gasteiger charge is -2.25.